The fourth-order valence-electron chi connectivity index (χ4n) is 2.21. The Morgan fingerprint density at radius 2 is 1.79 bits per heavy atom. The highest BCUT2D eigenvalue weighted by Crippen LogP contribution is 2.10. The van der Waals surface area contributed by atoms with Crippen LogP contribution in [-0.2, 0) is 6.54 Å². The minimum atomic E-state index is -1.21. The van der Waals surface area contributed by atoms with Crippen LogP contribution in [0.5, 0.6) is 0 Å². The number of hydrogen-bond donors (Lipinski definition) is 0. The molecule has 0 saturated carbocycles. The first-order valence-corrected chi connectivity index (χ1v) is 8.92. The van der Waals surface area contributed by atoms with Gasteiger partial charge in [-0.3, -0.25) is 4.68 Å². The van der Waals surface area contributed by atoms with Gasteiger partial charge in [-0.05, 0) is 25.5 Å². The molecule has 0 N–H and O–H groups in total. The van der Waals surface area contributed by atoms with Gasteiger partial charge in [0.2, 0.25) is 0 Å². The molecule has 0 aliphatic heterocycles. The van der Waals surface area contributed by atoms with Gasteiger partial charge in [0.1, 0.15) is 0 Å². The van der Waals surface area contributed by atoms with Crippen molar-refractivity contribution in [2.24, 2.45) is 0 Å². The zero-order valence-corrected chi connectivity index (χ0v) is 11.3. The first-order chi connectivity index (χ1) is 6.38. The van der Waals surface area contributed by atoms with Gasteiger partial charge < -0.3 is 0 Å². The van der Waals surface area contributed by atoms with Crippen molar-refractivity contribution in [3.8, 4) is 0 Å². The Labute approximate surface area is 88.3 Å². The van der Waals surface area contributed by atoms with Crippen molar-refractivity contribution in [1.29, 1.82) is 0 Å². The van der Waals surface area contributed by atoms with Gasteiger partial charge in [0.05, 0.1) is 13.8 Å². The third-order valence-corrected chi connectivity index (χ3v) is 4.79. The van der Waals surface area contributed by atoms with E-state index in [1.54, 1.807) is 5.19 Å². The second kappa shape index (κ2) is 3.89. The van der Waals surface area contributed by atoms with Gasteiger partial charge in [-0.1, -0.05) is 26.6 Å². The maximum atomic E-state index is 4.62. The smallest absolute Gasteiger partial charge is 0.0824 e. The highest BCUT2D eigenvalue weighted by molar-refractivity contribution is 6.89. The van der Waals surface area contributed by atoms with Gasteiger partial charge in [-0.15, -0.1) is 0 Å². The third kappa shape index (κ3) is 2.08. The molecule has 0 aliphatic rings. The molecule has 3 heteroatoms. The van der Waals surface area contributed by atoms with Gasteiger partial charge in [0.25, 0.3) is 0 Å². The summed E-state index contributed by atoms with van der Waals surface area (Å²) in [4.78, 5) is 0. The van der Waals surface area contributed by atoms with E-state index < -0.39 is 8.07 Å². The van der Waals surface area contributed by atoms with Crippen LogP contribution in [0.2, 0.25) is 19.6 Å². The van der Waals surface area contributed by atoms with E-state index >= 15 is 0 Å². The topological polar surface area (TPSA) is 17.8 Å². The van der Waals surface area contributed by atoms with Crippen LogP contribution in [0.15, 0.2) is 0 Å². The number of aromatic nitrogens is 2. The van der Waals surface area contributed by atoms with E-state index in [0.29, 0.717) is 0 Å². The Kier molecular flexibility index (Phi) is 3.19. The molecule has 0 radical (unpaired) electrons. The molecule has 0 amide bonds. The summed E-state index contributed by atoms with van der Waals surface area (Å²) in [5.41, 5.74) is 2.64. The van der Waals surface area contributed by atoms with Crippen LogP contribution in [0.4, 0.5) is 0 Å². The summed E-state index contributed by atoms with van der Waals surface area (Å²) in [5.74, 6) is 0. The molecule has 1 rings (SSSR count). The van der Waals surface area contributed by atoms with Crippen LogP contribution in [-0.4, -0.2) is 17.9 Å². The molecule has 0 unspecified atom stereocenters. The first kappa shape index (κ1) is 11.5. The highest BCUT2D eigenvalue weighted by Gasteiger charge is 2.24. The highest BCUT2D eigenvalue weighted by atomic mass is 28.3. The first-order valence-electron chi connectivity index (χ1n) is 5.42. The van der Waals surface area contributed by atoms with Crippen molar-refractivity contribution in [1.82, 2.24) is 9.78 Å². The van der Waals surface area contributed by atoms with Crippen LogP contribution in [0.1, 0.15) is 24.7 Å². The molecule has 0 aromatic carbocycles. The Morgan fingerprint density at radius 1 is 1.21 bits per heavy atom. The summed E-state index contributed by atoms with van der Waals surface area (Å²) in [6.45, 7) is 14.8. The predicted molar refractivity (Wildman–Crippen MR) is 65.0 cm³/mol. The maximum Gasteiger partial charge on any atom is 0.0824 e. The van der Waals surface area contributed by atoms with E-state index in [2.05, 4.69) is 50.2 Å². The number of aryl methyl sites for hydroxylation is 2. The van der Waals surface area contributed by atoms with Crippen molar-refractivity contribution in [2.45, 2.75) is 53.4 Å². The molecule has 1 aromatic heterocycles. The molecule has 0 saturated heterocycles. The minimum absolute atomic E-state index is 1.05. The summed E-state index contributed by atoms with van der Waals surface area (Å²) < 4.78 is 2.17. The second-order valence-electron chi connectivity index (χ2n) is 5.02. The lowest BCUT2D eigenvalue weighted by atomic mass is 10.4. The zero-order chi connectivity index (χ0) is 10.9. The van der Waals surface area contributed by atoms with Gasteiger partial charge >= 0.3 is 0 Å². The summed E-state index contributed by atoms with van der Waals surface area (Å²) >= 11 is 0. The van der Waals surface area contributed by atoms with Crippen LogP contribution in [0, 0.1) is 13.8 Å². The van der Waals surface area contributed by atoms with Crippen LogP contribution in [0.25, 0.3) is 0 Å². The lowest BCUT2D eigenvalue weighted by Gasteiger charge is -2.16. The number of rotatable bonds is 3. The number of nitrogens with zero attached hydrogens (tertiary/aromatic N) is 2. The molecule has 14 heavy (non-hydrogen) atoms. The Balaban J connectivity index is 3.18. The van der Waals surface area contributed by atoms with Crippen molar-refractivity contribution in [3.05, 3.63) is 11.4 Å². The quantitative estimate of drug-likeness (QED) is 0.701. The van der Waals surface area contributed by atoms with Crippen LogP contribution in [0.3, 0.4) is 0 Å². The van der Waals surface area contributed by atoms with Gasteiger partial charge in [0.15, 0.2) is 0 Å². The summed E-state index contributed by atoms with van der Waals surface area (Å²) in [6.07, 6.45) is 1.16. The van der Waals surface area contributed by atoms with Crippen molar-refractivity contribution in [2.75, 3.05) is 0 Å². The summed E-state index contributed by atoms with van der Waals surface area (Å²) in [6, 6.07) is 0. The van der Waals surface area contributed by atoms with Crippen molar-refractivity contribution < 1.29 is 0 Å². The Hall–Kier alpha value is -0.573. The molecule has 0 atom stereocenters. The average molecular weight is 210 g/mol. The normalized spacial score (nSPS) is 12.1. The average Bonchev–Trinajstić information content (AvgIpc) is 2.26. The van der Waals surface area contributed by atoms with Gasteiger partial charge in [-0.2, -0.15) is 5.10 Å². The maximum absolute atomic E-state index is 4.62. The molecule has 2 nitrogen and oxygen atoms in total. The molecule has 1 heterocycles. The van der Waals surface area contributed by atoms with Gasteiger partial charge in [-0.25, -0.2) is 0 Å². The molecular weight excluding hydrogens is 188 g/mol. The van der Waals surface area contributed by atoms with Gasteiger partial charge in [0, 0.05) is 12.2 Å². The van der Waals surface area contributed by atoms with E-state index in [9.17, 15) is 0 Å². The predicted octanol–water partition coefficient (Wildman–Crippen LogP) is 2.46. The summed E-state index contributed by atoms with van der Waals surface area (Å²) in [5, 5.41) is 6.16. The molecule has 0 spiro atoms. The zero-order valence-electron chi connectivity index (χ0n) is 10.3. The second-order valence-corrected chi connectivity index (χ2v) is 10.0. The monoisotopic (exact) mass is 210 g/mol. The fourth-order valence-corrected chi connectivity index (χ4v) is 4.56. The fraction of sp³-hybridized carbons (Fsp3) is 0.727. The van der Waals surface area contributed by atoms with E-state index in [1.165, 1.54) is 11.4 Å². The van der Waals surface area contributed by atoms with Crippen LogP contribution < -0.4 is 5.19 Å². The minimum Gasteiger partial charge on any atom is -0.270 e. The molecule has 1 aromatic rings. The lowest BCUT2D eigenvalue weighted by Crippen LogP contribution is -2.40. The summed E-state index contributed by atoms with van der Waals surface area (Å²) in [7, 11) is -1.21. The van der Waals surface area contributed by atoms with Crippen molar-refractivity contribution >= 4 is 13.3 Å². The number of hydrogen-bond acceptors (Lipinski definition) is 1. The van der Waals surface area contributed by atoms with E-state index in [-0.39, 0.29) is 0 Å². The Bertz CT molecular complexity index is 321. The molecule has 0 fully saturated rings. The third-order valence-electron chi connectivity index (χ3n) is 2.57. The van der Waals surface area contributed by atoms with E-state index in [0.717, 1.165) is 13.0 Å². The molecular formula is C11H22N2Si. The SMILES string of the molecule is CCCn1nc(C)c([Si](C)(C)C)c1C. The van der Waals surface area contributed by atoms with E-state index in [4.69, 9.17) is 0 Å². The lowest BCUT2D eigenvalue weighted by molar-refractivity contribution is 0.583. The van der Waals surface area contributed by atoms with Crippen molar-refractivity contribution in [3.63, 3.8) is 0 Å². The molecule has 0 bridgehead atoms. The largest absolute Gasteiger partial charge is 0.270 e. The van der Waals surface area contributed by atoms with E-state index in [1.807, 2.05) is 0 Å². The molecule has 0 aliphatic carbocycles. The van der Waals surface area contributed by atoms with Crippen LogP contribution >= 0.6 is 0 Å². The Morgan fingerprint density at radius 3 is 2.14 bits per heavy atom. The standard InChI is InChI=1S/C11H22N2Si/c1-7-8-13-10(3)11(9(2)12-13)14(4,5)6/h7-8H2,1-6H3. The molecule has 80 valence electrons.